The van der Waals surface area contributed by atoms with Crippen molar-refractivity contribution in [3.8, 4) is 17.2 Å². The van der Waals surface area contributed by atoms with Crippen LogP contribution in [0.3, 0.4) is 0 Å². The van der Waals surface area contributed by atoms with Gasteiger partial charge in [-0.25, -0.2) is 9.79 Å². The molecule has 0 fully saturated rings. The zero-order chi connectivity index (χ0) is 31.4. The number of hydrogen-bond donors (Lipinski definition) is 0. The lowest BCUT2D eigenvalue weighted by atomic mass is 9.96. The highest BCUT2D eigenvalue weighted by Crippen LogP contribution is 2.38. The van der Waals surface area contributed by atoms with Crippen LogP contribution in [0.15, 0.2) is 86.2 Å². The fourth-order valence-electron chi connectivity index (χ4n) is 4.92. The van der Waals surface area contributed by atoms with E-state index in [9.17, 15) is 9.59 Å². The third-order valence-corrected chi connectivity index (χ3v) is 8.65. The lowest BCUT2D eigenvalue weighted by Crippen LogP contribution is -2.39. The Morgan fingerprint density at radius 1 is 1.09 bits per heavy atom. The van der Waals surface area contributed by atoms with E-state index in [4.69, 9.17) is 30.5 Å². The molecule has 2 heterocycles. The van der Waals surface area contributed by atoms with Gasteiger partial charge >= 0.3 is 5.97 Å². The number of ether oxygens (including phenoxy) is 4. The number of methoxy groups -OCH3 is 1. The van der Waals surface area contributed by atoms with Gasteiger partial charge in [0.2, 0.25) is 0 Å². The van der Waals surface area contributed by atoms with E-state index < -0.39 is 12.0 Å². The molecular formula is C33H30BrClN2O6S. The second-order valence-corrected chi connectivity index (χ2v) is 12.1. The van der Waals surface area contributed by atoms with E-state index in [0.717, 1.165) is 11.1 Å². The van der Waals surface area contributed by atoms with Gasteiger partial charge in [-0.2, -0.15) is 0 Å². The van der Waals surface area contributed by atoms with Gasteiger partial charge in [-0.05, 0) is 95.9 Å². The van der Waals surface area contributed by atoms with E-state index in [2.05, 4.69) is 20.9 Å². The summed E-state index contributed by atoms with van der Waals surface area (Å²) in [7, 11) is 1.56. The van der Waals surface area contributed by atoms with Crippen molar-refractivity contribution in [2.24, 2.45) is 4.99 Å². The van der Waals surface area contributed by atoms with Crippen LogP contribution in [0.1, 0.15) is 43.5 Å². The average Bonchev–Trinajstić information content (AvgIpc) is 3.30. The first-order valence-electron chi connectivity index (χ1n) is 13.9. The number of allylic oxidation sites excluding steroid dienone is 1. The Balaban J connectivity index is 1.56. The summed E-state index contributed by atoms with van der Waals surface area (Å²) in [5, 5.41) is 0.628. The van der Waals surface area contributed by atoms with E-state index in [-0.39, 0.29) is 12.2 Å². The first-order valence-corrected chi connectivity index (χ1v) is 15.9. The number of thiazole rings is 1. The van der Waals surface area contributed by atoms with E-state index in [1.54, 1.807) is 43.7 Å². The molecule has 1 atom stereocenters. The number of carbonyl (C=O) groups excluding carboxylic acids is 1. The topological polar surface area (TPSA) is 88.4 Å². The highest BCUT2D eigenvalue weighted by molar-refractivity contribution is 9.10. The Morgan fingerprint density at radius 3 is 2.55 bits per heavy atom. The van der Waals surface area contributed by atoms with Crippen LogP contribution < -0.4 is 29.1 Å². The summed E-state index contributed by atoms with van der Waals surface area (Å²) in [4.78, 5) is 32.3. The number of halogens is 2. The molecule has 0 bridgehead atoms. The number of carbonyl (C=O) groups is 1. The average molecular weight is 698 g/mol. The standard InChI is InChI=1S/C33H30BrClN2O6S/c1-5-41-24-12-10-22(11-13-24)29-28(32(39)42-6-2)19(3)36-33-37(29)31(38)27(44-33)17-21-15-25(34)30(26(16-21)40-4)43-18-20-8-7-9-23(35)14-20/h7-17,29H,5-6,18H2,1-4H3/b27-17-/t29-/m1/s1. The fraction of sp³-hybridized carbons (Fsp3) is 0.242. The van der Waals surface area contributed by atoms with Crippen LogP contribution in [0.5, 0.6) is 17.2 Å². The number of esters is 1. The number of nitrogens with zero attached hydrogens (tertiary/aromatic N) is 2. The Hall–Kier alpha value is -3.86. The molecule has 8 nitrogen and oxygen atoms in total. The zero-order valence-corrected chi connectivity index (χ0v) is 27.7. The van der Waals surface area contributed by atoms with Gasteiger partial charge in [0.05, 0.1) is 46.6 Å². The molecule has 1 aliphatic rings. The van der Waals surface area contributed by atoms with Gasteiger partial charge in [0.15, 0.2) is 16.3 Å². The van der Waals surface area contributed by atoms with Gasteiger partial charge < -0.3 is 18.9 Å². The fourth-order valence-corrected chi connectivity index (χ4v) is 6.75. The van der Waals surface area contributed by atoms with Crippen molar-refractivity contribution >= 4 is 50.9 Å². The molecule has 1 aliphatic heterocycles. The van der Waals surface area contributed by atoms with Crippen LogP contribution in [0.2, 0.25) is 5.02 Å². The minimum Gasteiger partial charge on any atom is -0.494 e. The lowest BCUT2D eigenvalue weighted by molar-refractivity contribution is -0.139. The Labute approximate surface area is 272 Å². The smallest absolute Gasteiger partial charge is 0.338 e. The van der Waals surface area contributed by atoms with E-state index in [0.29, 0.717) is 66.1 Å². The van der Waals surface area contributed by atoms with E-state index in [1.807, 2.05) is 55.5 Å². The van der Waals surface area contributed by atoms with Gasteiger partial charge in [0.1, 0.15) is 12.4 Å². The summed E-state index contributed by atoms with van der Waals surface area (Å²) < 4.78 is 25.4. The molecule has 0 N–H and O–H groups in total. The highest BCUT2D eigenvalue weighted by atomic mass is 79.9. The van der Waals surface area contributed by atoms with Crippen molar-refractivity contribution in [1.82, 2.24) is 4.57 Å². The zero-order valence-electron chi connectivity index (χ0n) is 24.6. The molecule has 0 saturated carbocycles. The monoisotopic (exact) mass is 696 g/mol. The van der Waals surface area contributed by atoms with Crippen molar-refractivity contribution in [1.29, 1.82) is 0 Å². The molecule has 0 unspecified atom stereocenters. The summed E-state index contributed by atoms with van der Waals surface area (Å²) in [5.74, 6) is 1.20. The summed E-state index contributed by atoms with van der Waals surface area (Å²) in [6, 6.07) is 17.7. The van der Waals surface area contributed by atoms with Crippen LogP contribution in [-0.2, 0) is 16.1 Å². The van der Waals surface area contributed by atoms with Crippen molar-refractivity contribution in [3.05, 3.63) is 118 Å². The maximum Gasteiger partial charge on any atom is 0.338 e. The highest BCUT2D eigenvalue weighted by Gasteiger charge is 2.33. The van der Waals surface area contributed by atoms with Crippen molar-refractivity contribution in [3.63, 3.8) is 0 Å². The molecule has 4 aromatic rings. The van der Waals surface area contributed by atoms with Gasteiger partial charge in [-0.15, -0.1) is 0 Å². The Bertz CT molecular complexity index is 1920. The number of benzene rings is 3. The second kappa shape index (κ2) is 13.8. The SMILES string of the molecule is CCOC(=O)C1=C(C)N=c2s/c(=C\c3cc(Br)c(OCc4cccc(Cl)c4)c(OC)c3)c(=O)n2[C@@H]1c1ccc(OCC)cc1. The molecule has 228 valence electrons. The van der Waals surface area contributed by atoms with Gasteiger partial charge in [-0.3, -0.25) is 9.36 Å². The van der Waals surface area contributed by atoms with E-state index >= 15 is 0 Å². The summed E-state index contributed by atoms with van der Waals surface area (Å²) >= 11 is 11.0. The molecule has 44 heavy (non-hydrogen) atoms. The summed E-state index contributed by atoms with van der Waals surface area (Å²) in [6.07, 6.45) is 1.77. The third kappa shape index (κ3) is 6.62. The first-order chi connectivity index (χ1) is 21.2. The third-order valence-electron chi connectivity index (χ3n) is 6.85. The predicted octanol–water partition coefficient (Wildman–Crippen LogP) is 6.20. The van der Waals surface area contributed by atoms with E-state index in [1.165, 1.54) is 11.3 Å². The van der Waals surface area contributed by atoms with Gasteiger partial charge in [0.25, 0.3) is 5.56 Å². The Morgan fingerprint density at radius 2 is 1.86 bits per heavy atom. The lowest BCUT2D eigenvalue weighted by Gasteiger charge is -2.24. The normalized spacial score (nSPS) is 14.6. The quantitative estimate of drug-likeness (QED) is 0.184. The van der Waals surface area contributed by atoms with Crippen molar-refractivity contribution in [2.45, 2.75) is 33.4 Å². The van der Waals surface area contributed by atoms with Crippen LogP contribution >= 0.6 is 38.9 Å². The largest absolute Gasteiger partial charge is 0.494 e. The molecule has 0 aliphatic carbocycles. The van der Waals surface area contributed by atoms with Crippen LogP contribution in [0, 0.1) is 0 Å². The van der Waals surface area contributed by atoms with Crippen LogP contribution in [-0.4, -0.2) is 30.9 Å². The molecule has 0 saturated heterocycles. The molecule has 0 amide bonds. The minimum absolute atomic E-state index is 0.200. The molecule has 0 radical (unpaired) electrons. The number of fused-ring (bicyclic) bond motifs is 1. The molecule has 1 aromatic heterocycles. The van der Waals surface area contributed by atoms with Gasteiger partial charge in [-0.1, -0.05) is 47.2 Å². The van der Waals surface area contributed by atoms with Crippen molar-refractivity contribution < 1.29 is 23.7 Å². The summed E-state index contributed by atoms with van der Waals surface area (Å²) in [5.41, 5.74) is 2.91. The van der Waals surface area contributed by atoms with Gasteiger partial charge in [0, 0.05) is 5.02 Å². The molecule has 3 aromatic carbocycles. The number of aromatic nitrogens is 1. The second-order valence-electron chi connectivity index (χ2n) is 9.76. The molecule has 0 spiro atoms. The predicted molar refractivity (Wildman–Crippen MR) is 174 cm³/mol. The van der Waals surface area contributed by atoms with Crippen molar-refractivity contribution in [2.75, 3.05) is 20.3 Å². The molecular weight excluding hydrogens is 668 g/mol. The molecule has 11 heteroatoms. The number of rotatable bonds is 10. The molecule has 5 rings (SSSR count). The van der Waals surface area contributed by atoms with Crippen LogP contribution in [0.25, 0.3) is 6.08 Å². The Kier molecular flexibility index (Phi) is 9.93. The first kappa shape index (κ1) is 31.6. The maximum absolute atomic E-state index is 14.0. The minimum atomic E-state index is -0.716. The number of hydrogen-bond acceptors (Lipinski definition) is 8. The maximum atomic E-state index is 14.0. The van der Waals surface area contributed by atoms with Crippen LogP contribution in [0.4, 0.5) is 0 Å². The summed E-state index contributed by atoms with van der Waals surface area (Å²) in [6.45, 7) is 6.43.